The van der Waals surface area contributed by atoms with Gasteiger partial charge in [0.2, 0.25) is 0 Å². The number of hydrogen-bond acceptors (Lipinski definition) is 3. The Morgan fingerprint density at radius 3 is 2.42 bits per heavy atom. The standard InChI is InChI=1S/C20H23NO3/c22-20(23)15-24-19-9-5-4-8-18(19)17-10-12-21(13-11-17)14-16-6-2-1-3-7-16/h1-9,17H,10-15H2,(H,22,23). The van der Waals surface area contributed by atoms with Gasteiger partial charge < -0.3 is 9.84 Å². The molecule has 4 heteroatoms. The fourth-order valence-electron chi connectivity index (χ4n) is 3.33. The quantitative estimate of drug-likeness (QED) is 0.883. The fourth-order valence-corrected chi connectivity index (χ4v) is 3.33. The second-order valence-corrected chi connectivity index (χ2v) is 6.26. The average Bonchev–Trinajstić information content (AvgIpc) is 2.62. The molecule has 24 heavy (non-hydrogen) atoms. The first-order chi connectivity index (χ1) is 11.7. The number of carboxylic acid groups (broad SMARTS) is 1. The summed E-state index contributed by atoms with van der Waals surface area (Å²) in [6.07, 6.45) is 2.14. The number of ether oxygens (including phenoxy) is 1. The highest BCUT2D eigenvalue weighted by Crippen LogP contribution is 2.34. The van der Waals surface area contributed by atoms with Crippen molar-refractivity contribution in [1.82, 2.24) is 4.90 Å². The molecule has 2 aromatic carbocycles. The van der Waals surface area contributed by atoms with Gasteiger partial charge in [-0.25, -0.2) is 4.79 Å². The van der Waals surface area contributed by atoms with Gasteiger partial charge in [0.15, 0.2) is 6.61 Å². The molecule has 0 aliphatic carbocycles. The molecule has 0 radical (unpaired) electrons. The molecule has 1 saturated heterocycles. The highest BCUT2D eigenvalue weighted by Gasteiger charge is 2.23. The molecular weight excluding hydrogens is 302 g/mol. The highest BCUT2D eigenvalue weighted by molar-refractivity contribution is 5.68. The molecule has 1 N–H and O–H groups in total. The third kappa shape index (κ3) is 4.36. The van der Waals surface area contributed by atoms with Crippen molar-refractivity contribution in [2.45, 2.75) is 25.3 Å². The largest absolute Gasteiger partial charge is 0.482 e. The molecule has 1 fully saturated rings. The second kappa shape index (κ2) is 7.97. The monoisotopic (exact) mass is 325 g/mol. The highest BCUT2D eigenvalue weighted by atomic mass is 16.5. The number of benzene rings is 2. The lowest BCUT2D eigenvalue weighted by molar-refractivity contribution is -0.139. The summed E-state index contributed by atoms with van der Waals surface area (Å²) in [7, 11) is 0. The lowest BCUT2D eigenvalue weighted by Crippen LogP contribution is -2.32. The first kappa shape index (κ1) is 16.5. The number of carbonyl (C=O) groups is 1. The van der Waals surface area contributed by atoms with Gasteiger partial charge in [-0.2, -0.15) is 0 Å². The van der Waals surface area contributed by atoms with Crippen molar-refractivity contribution in [1.29, 1.82) is 0 Å². The molecule has 0 saturated carbocycles. The van der Waals surface area contributed by atoms with Gasteiger partial charge in [0, 0.05) is 6.54 Å². The molecule has 0 aromatic heterocycles. The van der Waals surface area contributed by atoms with Crippen LogP contribution in [0.1, 0.15) is 29.9 Å². The van der Waals surface area contributed by atoms with E-state index in [9.17, 15) is 4.79 Å². The van der Waals surface area contributed by atoms with E-state index in [1.165, 1.54) is 5.56 Å². The second-order valence-electron chi connectivity index (χ2n) is 6.26. The first-order valence-corrected chi connectivity index (χ1v) is 8.42. The summed E-state index contributed by atoms with van der Waals surface area (Å²) in [5.74, 6) is 0.200. The van der Waals surface area contributed by atoms with E-state index in [0.717, 1.165) is 38.0 Å². The summed E-state index contributed by atoms with van der Waals surface area (Å²) >= 11 is 0. The average molecular weight is 325 g/mol. The van der Waals surface area contributed by atoms with Crippen LogP contribution in [0.3, 0.4) is 0 Å². The Kier molecular flexibility index (Phi) is 5.49. The molecule has 1 heterocycles. The molecule has 1 aliphatic heterocycles. The van der Waals surface area contributed by atoms with Crippen molar-refractivity contribution in [3.8, 4) is 5.75 Å². The number of carboxylic acids is 1. The number of piperidine rings is 1. The summed E-state index contributed by atoms with van der Waals surface area (Å²) in [5, 5.41) is 8.82. The number of para-hydroxylation sites is 1. The van der Waals surface area contributed by atoms with Crippen LogP contribution in [0.4, 0.5) is 0 Å². The molecule has 0 atom stereocenters. The fraction of sp³-hybridized carbons (Fsp3) is 0.350. The Bertz CT molecular complexity index is 664. The van der Waals surface area contributed by atoms with Crippen LogP contribution in [0.25, 0.3) is 0 Å². The minimum atomic E-state index is -0.942. The van der Waals surface area contributed by atoms with E-state index in [1.54, 1.807) is 0 Å². The number of likely N-dealkylation sites (tertiary alicyclic amines) is 1. The van der Waals surface area contributed by atoms with Crippen molar-refractivity contribution < 1.29 is 14.6 Å². The van der Waals surface area contributed by atoms with Crippen molar-refractivity contribution in [2.75, 3.05) is 19.7 Å². The smallest absolute Gasteiger partial charge is 0.341 e. The molecule has 3 rings (SSSR count). The topological polar surface area (TPSA) is 49.8 Å². The van der Waals surface area contributed by atoms with Crippen LogP contribution in [-0.2, 0) is 11.3 Å². The lowest BCUT2D eigenvalue weighted by atomic mass is 9.88. The lowest BCUT2D eigenvalue weighted by Gasteiger charge is -2.32. The third-order valence-electron chi connectivity index (χ3n) is 4.55. The third-order valence-corrected chi connectivity index (χ3v) is 4.55. The van der Waals surface area contributed by atoms with E-state index in [2.05, 4.69) is 35.2 Å². The summed E-state index contributed by atoms with van der Waals surface area (Å²) in [6, 6.07) is 18.4. The molecule has 0 bridgehead atoms. The Morgan fingerprint density at radius 2 is 1.71 bits per heavy atom. The van der Waals surface area contributed by atoms with Crippen LogP contribution in [0, 0.1) is 0 Å². The molecular formula is C20H23NO3. The minimum Gasteiger partial charge on any atom is -0.482 e. The maximum absolute atomic E-state index is 10.7. The van der Waals surface area contributed by atoms with Crippen LogP contribution in [0.15, 0.2) is 54.6 Å². The van der Waals surface area contributed by atoms with Gasteiger partial charge in [0.05, 0.1) is 0 Å². The summed E-state index contributed by atoms with van der Waals surface area (Å²) in [4.78, 5) is 13.2. The van der Waals surface area contributed by atoms with Gasteiger partial charge in [-0.15, -0.1) is 0 Å². The maximum atomic E-state index is 10.7. The molecule has 0 spiro atoms. The number of rotatable bonds is 6. The van der Waals surface area contributed by atoms with Crippen LogP contribution in [0.5, 0.6) is 5.75 Å². The van der Waals surface area contributed by atoms with Crippen molar-refractivity contribution in [3.63, 3.8) is 0 Å². The van der Waals surface area contributed by atoms with Crippen LogP contribution < -0.4 is 4.74 Å². The summed E-state index contributed by atoms with van der Waals surface area (Å²) in [6.45, 7) is 2.80. The van der Waals surface area contributed by atoms with Crippen LogP contribution in [0.2, 0.25) is 0 Å². The Balaban J connectivity index is 1.59. The SMILES string of the molecule is O=C(O)COc1ccccc1C1CCN(Cc2ccccc2)CC1. The van der Waals surface area contributed by atoms with E-state index in [0.29, 0.717) is 11.7 Å². The molecule has 126 valence electrons. The minimum absolute atomic E-state index is 0.288. The van der Waals surface area contributed by atoms with E-state index in [1.807, 2.05) is 24.3 Å². The van der Waals surface area contributed by atoms with Gasteiger partial charge >= 0.3 is 5.97 Å². The van der Waals surface area contributed by atoms with E-state index in [-0.39, 0.29) is 6.61 Å². The normalized spacial score (nSPS) is 16.0. The Hall–Kier alpha value is -2.33. The van der Waals surface area contributed by atoms with Gasteiger partial charge in [-0.1, -0.05) is 48.5 Å². The summed E-state index contributed by atoms with van der Waals surface area (Å²) in [5.41, 5.74) is 2.49. The molecule has 1 aliphatic rings. The van der Waals surface area contributed by atoms with Gasteiger partial charge in [0.1, 0.15) is 5.75 Å². The Labute approximate surface area is 142 Å². The van der Waals surface area contributed by atoms with E-state index in [4.69, 9.17) is 9.84 Å². The predicted molar refractivity (Wildman–Crippen MR) is 93.3 cm³/mol. The number of nitrogens with zero attached hydrogens (tertiary/aromatic N) is 1. The molecule has 0 unspecified atom stereocenters. The number of aliphatic carboxylic acids is 1. The van der Waals surface area contributed by atoms with Crippen molar-refractivity contribution in [2.24, 2.45) is 0 Å². The summed E-state index contributed by atoms with van der Waals surface area (Å²) < 4.78 is 5.46. The van der Waals surface area contributed by atoms with E-state index >= 15 is 0 Å². The van der Waals surface area contributed by atoms with Crippen LogP contribution >= 0.6 is 0 Å². The van der Waals surface area contributed by atoms with Crippen molar-refractivity contribution >= 4 is 5.97 Å². The molecule has 2 aromatic rings. The zero-order valence-corrected chi connectivity index (χ0v) is 13.7. The number of hydrogen-bond donors (Lipinski definition) is 1. The van der Waals surface area contributed by atoms with Crippen LogP contribution in [-0.4, -0.2) is 35.7 Å². The molecule has 4 nitrogen and oxygen atoms in total. The van der Waals surface area contributed by atoms with E-state index < -0.39 is 5.97 Å². The van der Waals surface area contributed by atoms with Gasteiger partial charge in [-0.3, -0.25) is 4.90 Å². The predicted octanol–water partition coefficient (Wildman–Crippen LogP) is 3.53. The maximum Gasteiger partial charge on any atom is 0.341 e. The Morgan fingerprint density at radius 1 is 1.04 bits per heavy atom. The van der Waals surface area contributed by atoms with Gasteiger partial charge in [0.25, 0.3) is 0 Å². The van der Waals surface area contributed by atoms with Crippen molar-refractivity contribution in [3.05, 3.63) is 65.7 Å². The zero-order valence-electron chi connectivity index (χ0n) is 13.7. The molecule has 0 amide bonds. The zero-order chi connectivity index (χ0) is 16.8. The van der Waals surface area contributed by atoms with Gasteiger partial charge in [-0.05, 0) is 49.0 Å². The first-order valence-electron chi connectivity index (χ1n) is 8.42.